The van der Waals surface area contributed by atoms with E-state index < -0.39 is 18.0 Å². The second-order valence-electron chi connectivity index (χ2n) is 9.80. The fourth-order valence-corrected chi connectivity index (χ4v) is 5.19. The Bertz CT molecular complexity index is 1230. The van der Waals surface area contributed by atoms with E-state index in [4.69, 9.17) is 4.74 Å². The third-order valence-electron chi connectivity index (χ3n) is 7.14. The first kappa shape index (κ1) is 24.4. The molecule has 3 aromatic rings. The second-order valence-corrected chi connectivity index (χ2v) is 9.80. The van der Waals surface area contributed by atoms with Crippen molar-refractivity contribution in [2.75, 3.05) is 6.54 Å². The first-order valence-corrected chi connectivity index (χ1v) is 12.3. The van der Waals surface area contributed by atoms with Crippen LogP contribution in [-0.4, -0.2) is 45.1 Å². The zero-order chi connectivity index (χ0) is 25.3. The lowest BCUT2D eigenvalue weighted by Gasteiger charge is -2.48. The van der Waals surface area contributed by atoms with Crippen LogP contribution < -0.4 is 15.4 Å². The van der Waals surface area contributed by atoms with E-state index in [1.165, 1.54) is 29.8 Å². The Hall–Kier alpha value is -3.30. The Morgan fingerprint density at radius 2 is 2.11 bits per heavy atom. The summed E-state index contributed by atoms with van der Waals surface area (Å²) < 4.78 is 36.4. The number of amides is 1. The number of hydrogen-bond donors (Lipinski definition) is 3. The van der Waals surface area contributed by atoms with E-state index in [2.05, 4.69) is 15.7 Å². The van der Waals surface area contributed by atoms with Gasteiger partial charge in [0, 0.05) is 50.0 Å². The SMILES string of the molecule is CC(=O)N[C@@H](Cc1cccc(F)c1)[C@H](O)CN[C@H]1CC2(CCC2)Oc2cc(F)c(-n3cccn3)cc21. The molecule has 1 aliphatic carbocycles. The molecule has 2 aliphatic rings. The number of rotatable bonds is 8. The van der Waals surface area contributed by atoms with Gasteiger partial charge < -0.3 is 20.5 Å². The predicted molar refractivity (Wildman–Crippen MR) is 130 cm³/mol. The predicted octanol–water partition coefficient (Wildman–Crippen LogP) is 3.59. The van der Waals surface area contributed by atoms with E-state index in [1.807, 2.05) is 0 Å². The average Bonchev–Trinajstić information content (AvgIpc) is 3.34. The van der Waals surface area contributed by atoms with Crippen molar-refractivity contribution < 1.29 is 23.4 Å². The number of aliphatic hydroxyl groups is 1. The monoisotopic (exact) mass is 496 g/mol. The van der Waals surface area contributed by atoms with Gasteiger partial charge in [0.25, 0.3) is 0 Å². The Balaban J connectivity index is 1.36. The van der Waals surface area contributed by atoms with Crippen LogP contribution in [0.1, 0.15) is 49.8 Å². The van der Waals surface area contributed by atoms with Crippen molar-refractivity contribution in [3.05, 3.63) is 77.6 Å². The number of aliphatic hydroxyl groups excluding tert-OH is 1. The largest absolute Gasteiger partial charge is 0.487 e. The summed E-state index contributed by atoms with van der Waals surface area (Å²) in [5, 5.41) is 21.4. The minimum atomic E-state index is -0.938. The maximum atomic E-state index is 15.0. The molecule has 2 aromatic carbocycles. The van der Waals surface area contributed by atoms with Crippen LogP contribution in [0.3, 0.4) is 0 Å². The summed E-state index contributed by atoms with van der Waals surface area (Å²) in [6, 6.07) is 10.2. The Morgan fingerprint density at radius 3 is 2.78 bits per heavy atom. The van der Waals surface area contributed by atoms with E-state index in [0.29, 0.717) is 23.4 Å². The molecule has 0 bridgehead atoms. The number of aromatic nitrogens is 2. The first-order valence-electron chi connectivity index (χ1n) is 12.3. The van der Waals surface area contributed by atoms with E-state index in [-0.39, 0.29) is 36.3 Å². The third kappa shape index (κ3) is 5.12. The molecule has 2 heterocycles. The maximum absolute atomic E-state index is 15.0. The van der Waals surface area contributed by atoms with Gasteiger partial charge in [-0.05, 0) is 55.5 Å². The molecular weight excluding hydrogens is 466 g/mol. The van der Waals surface area contributed by atoms with Crippen LogP contribution in [-0.2, 0) is 11.2 Å². The number of nitrogens with zero attached hydrogens (tertiary/aromatic N) is 2. The normalized spacial score (nSPS) is 19.6. The van der Waals surface area contributed by atoms with Gasteiger partial charge in [-0.3, -0.25) is 4.79 Å². The summed E-state index contributed by atoms with van der Waals surface area (Å²) >= 11 is 0. The van der Waals surface area contributed by atoms with Crippen molar-refractivity contribution >= 4 is 5.91 Å². The van der Waals surface area contributed by atoms with Crippen molar-refractivity contribution in [3.8, 4) is 11.4 Å². The minimum Gasteiger partial charge on any atom is -0.487 e. The van der Waals surface area contributed by atoms with Gasteiger partial charge in [0.1, 0.15) is 22.9 Å². The highest BCUT2D eigenvalue weighted by Crippen LogP contribution is 2.49. The molecule has 0 radical (unpaired) electrons. The summed E-state index contributed by atoms with van der Waals surface area (Å²) in [7, 11) is 0. The lowest BCUT2D eigenvalue weighted by molar-refractivity contribution is -0.120. The molecule has 3 N–H and O–H groups in total. The maximum Gasteiger partial charge on any atom is 0.217 e. The van der Waals surface area contributed by atoms with Gasteiger partial charge in [-0.15, -0.1) is 0 Å². The van der Waals surface area contributed by atoms with E-state index in [1.54, 1.807) is 36.7 Å². The van der Waals surface area contributed by atoms with Gasteiger partial charge in [-0.25, -0.2) is 13.5 Å². The van der Waals surface area contributed by atoms with Gasteiger partial charge in [-0.2, -0.15) is 5.10 Å². The second kappa shape index (κ2) is 9.99. The molecule has 1 aliphatic heterocycles. The average molecular weight is 497 g/mol. The lowest BCUT2D eigenvalue weighted by Crippen LogP contribution is -2.52. The van der Waals surface area contributed by atoms with Crippen molar-refractivity contribution in [1.29, 1.82) is 0 Å². The number of nitrogens with one attached hydrogen (secondary N) is 2. The minimum absolute atomic E-state index is 0.176. The van der Waals surface area contributed by atoms with Crippen LogP contribution >= 0.6 is 0 Å². The summed E-state index contributed by atoms with van der Waals surface area (Å²) in [6.07, 6.45) is 6.13. The smallest absolute Gasteiger partial charge is 0.217 e. The topological polar surface area (TPSA) is 88.4 Å². The number of carbonyl (C=O) groups is 1. The number of benzene rings is 2. The van der Waals surface area contributed by atoms with Gasteiger partial charge in [0.15, 0.2) is 5.82 Å². The zero-order valence-corrected chi connectivity index (χ0v) is 20.1. The van der Waals surface area contributed by atoms with Crippen molar-refractivity contribution in [1.82, 2.24) is 20.4 Å². The molecule has 0 saturated heterocycles. The number of fused-ring (bicyclic) bond motifs is 1. The molecular formula is C27H30F2N4O3. The standard InChI is InChI=1S/C27H30F2N4O3/c1-17(34)32-22(12-18-5-2-6-19(28)11-18)25(35)16-30-23-15-27(7-3-8-27)36-26-14-21(29)24(13-20(23)26)33-10-4-9-31-33/h2,4-6,9-11,13-14,22-23,25,30,35H,3,7-8,12,15-16H2,1H3,(H,32,34)/t22-,23-,25+/m0/s1. The highest BCUT2D eigenvalue weighted by molar-refractivity contribution is 5.73. The Morgan fingerprint density at radius 1 is 1.28 bits per heavy atom. The quantitative estimate of drug-likeness (QED) is 0.444. The molecule has 7 nitrogen and oxygen atoms in total. The highest BCUT2D eigenvalue weighted by Gasteiger charge is 2.46. The third-order valence-corrected chi connectivity index (χ3v) is 7.14. The zero-order valence-electron chi connectivity index (χ0n) is 20.1. The lowest BCUT2D eigenvalue weighted by atomic mass is 9.73. The molecule has 36 heavy (non-hydrogen) atoms. The summed E-state index contributed by atoms with van der Waals surface area (Å²) in [4.78, 5) is 11.8. The van der Waals surface area contributed by atoms with E-state index in [0.717, 1.165) is 24.8 Å². The van der Waals surface area contributed by atoms with E-state index in [9.17, 15) is 18.7 Å². The number of carbonyl (C=O) groups excluding carboxylic acids is 1. The fraction of sp³-hybridized carbons (Fsp3) is 0.407. The van der Waals surface area contributed by atoms with Crippen molar-refractivity contribution in [2.24, 2.45) is 0 Å². The molecule has 1 fully saturated rings. The molecule has 9 heteroatoms. The van der Waals surface area contributed by atoms with Gasteiger partial charge >= 0.3 is 0 Å². The molecule has 0 unspecified atom stereocenters. The van der Waals surface area contributed by atoms with Gasteiger partial charge in [0.05, 0.1) is 12.1 Å². The van der Waals surface area contributed by atoms with Crippen molar-refractivity contribution in [2.45, 2.75) is 62.8 Å². The van der Waals surface area contributed by atoms with Crippen LogP contribution in [0.15, 0.2) is 54.9 Å². The van der Waals surface area contributed by atoms with Gasteiger partial charge in [0.2, 0.25) is 5.91 Å². The first-order chi connectivity index (χ1) is 17.3. The van der Waals surface area contributed by atoms with Crippen LogP contribution in [0.25, 0.3) is 5.69 Å². The van der Waals surface area contributed by atoms with Crippen LogP contribution in [0.5, 0.6) is 5.75 Å². The summed E-state index contributed by atoms with van der Waals surface area (Å²) in [6.45, 7) is 1.56. The summed E-state index contributed by atoms with van der Waals surface area (Å²) in [5.74, 6) is -0.570. The number of hydrogen-bond acceptors (Lipinski definition) is 5. The molecule has 1 amide bonds. The molecule has 190 valence electrons. The molecule has 5 rings (SSSR count). The Kier molecular flexibility index (Phi) is 6.77. The number of ether oxygens (including phenoxy) is 1. The fourth-order valence-electron chi connectivity index (χ4n) is 5.19. The molecule has 1 saturated carbocycles. The summed E-state index contributed by atoms with van der Waals surface area (Å²) in [5.41, 5.74) is 1.46. The van der Waals surface area contributed by atoms with Crippen molar-refractivity contribution in [3.63, 3.8) is 0 Å². The number of halogens is 2. The highest BCUT2D eigenvalue weighted by atomic mass is 19.1. The van der Waals surface area contributed by atoms with Gasteiger partial charge in [-0.1, -0.05) is 12.1 Å². The molecule has 1 aromatic heterocycles. The van der Waals surface area contributed by atoms with E-state index >= 15 is 0 Å². The Labute approximate surface area is 208 Å². The van der Waals surface area contributed by atoms with Crippen LogP contribution in [0.2, 0.25) is 0 Å². The van der Waals surface area contributed by atoms with Crippen LogP contribution in [0, 0.1) is 11.6 Å². The molecule has 3 atom stereocenters. The molecule has 1 spiro atoms. The van der Waals surface area contributed by atoms with Crippen LogP contribution in [0.4, 0.5) is 8.78 Å².